The van der Waals surface area contributed by atoms with Crippen molar-refractivity contribution in [2.75, 3.05) is 5.32 Å². The van der Waals surface area contributed by atoms with Gasteiger partial charge < -0.3 is 15.8 Å². The first-order valence-electron chi connectivity index (χ1n) is 6.46. The van der Waals surface area contributed by atoms with E-state index in [0.717, 1.165) is 0 Å². The lowest BCUT2D eigenvalue weighted by Gasteiger charge is -2.09. The van der Waals surface area contributed by atoms with Gasteiger partial charge in [-0.05, 0) is 36.4 Å². The Morgan fingerprint density at radius 3 is 2.23 bits per heavy atom. The summed E-state index contributed by atoms with van der Waals surface area (Å²) < 4.78 is 4.99. The van der Waals surface area contributed by atoms with Crippen molar-refractivity contribution in [1.82, 2.24) is 0 Å². The maximum Gasteiger partial charge on any atom is 0.308 e. The van der Waals surface area contributed by atoms with E-state index in [-0.39, 0.29) is 11.3 Å². The number of primary amides is 1. The quantitative estimate of drug-likeness (QED) is 0.666. The molecule has 2 aromatic rings. The highest BCUT2D eigenvalue weighted by molar-refractivity contribution is 6.06. The molecule has 0 aliphatic rings. The van der Waals surface area contributed by atoms with Gasteiger partial charge in [-0.2, -0.15) is 0 Å². The number of amides is 2. The fourth-order valence-electron chi connectivity index (χ4n) is 1.81. The largest absolute Gasteiger partial charge is 0.426 e. The molecule has 0 bridgehead atoms. The van der Waals surface area contributed by atoms with Gasteiger partial charge in [0.25, 0.3) is 5.91 Å². The van der Waals surface area contributed by atoms with E-state index >= 15 is 0 Å². The Hall–Kier alpha value is -3.15. The second kappa shape index (κ2) is 6.53. The zero-order chi connectivity index (χ0) is 16.1. The van der Waals surface area contributed by atoms with E-state index in [0.29, 0.717) is 11.3 Å². The summed E-state index contributed by atoms with van der Waals surface area (Å²) in [5.41, 5.74) is 6.22. The molecule has 0 aliphatic heterocycles. The Kier molecular flexibility index (Phi) is 4.53. The fourth-order valence-corrected chi connectivity index (χ4v) is 1.81. The number of carbonyl (C=O) groups excluding carboxylic acids is 3. The number of ether oxygens (including phenoxy) is 1. The van der Waals surface area contributed by atoms with Crippen LogP contribution >= 0.6 is 0 Å². The van der Waals surface area contributed by atoms with Crippen LogP contribution in [0.15, 0.2) is 48.5 Å². The summed E-state index contributed by atoms with van der Waals surface area (Å²) in [6.07, 6.45) is 0. The summed E-state index contributed by atoms with van der Waals surface area (Å²) in [4.78, 5) is 34.3. The predicted octanol–water partition coefficient (Wildman–Crippen LogP) is 1.96. The minimum atomic E-state index is -0.543. The van der Waals surface area contributed by atoms with E-state index in [1.165, 1.54) is 25.1 Å². The molecule has 0 aliphatic carbocycles. The number of nitrogens with one attached hydrogen (secondary N) is 1. The first-order valence-corrected chi connectivity index (χ1v) is 6.46. The third-order valence-electron chi connectivity index (χ3n) is 2.81. The lowest BCUT2D eigenvalue weighted by atomic mass is 10.1. The maximum absolute atomic E-state index is 12.2. The summed E-state index contributed by atoms with van der Waals surface area (Å²) in [6, 6.07) is 12.6. The van der Waals surface area contributed by atoms with Crippen LogP contribution in [0.5, 0.6) is 5.75 Å². The molecule has 0 radical (unpaired) electrons. The SMILES string of the molecule is CC(=O)Oc1ccccc1C(=O)Nc1ccc(C(N)=O)cc1. The lowest BCUT2D eigenvalue weighted by molar-refractivity contribution is -0.131. The Bertz CT molecular complexity index is 723. The smallest absolute Gasteiger partial charge is 0.308 e. The number of benzene rings is 2. The van der Waals surface area contributed by atoms with Gasteiger partial charge in [-0.3, -0.25) is 14.4 Å². The van der Waals surface area contributed by atoms with Crippen LogP contribution in [0.3, 0.4) is 0 Å². The number of rotatable bonds is 4. The van der Waals surface area contributed by atoms with Gasteiger partial charge in [0.1, 0.15) is 5.75 Å². The molecule has 0 saturated carbocycles. The molecule has 22 heavy (non-hydrogen) atoms. The van der Waals surface area contributed by atoms with Crippen LogP contribution in [-0.2, 0) is 4.79 Å². The first kappa shape index (κ1) is 15.2. The van der Waals surface area contributed by atoms with Crippen molar-refractivity contribution >= 4 is 23.5 Å². The molecule has 112 valence electrons. The van der Waals surface area contributed by atoms with Crippen molar-refractivity contribution in [3.05, 3.63) is 59.7 Å². The van der Waals surface area contributed by atoms with Crippen molar-refractivity contribution in [3.8, 4) is 5.75 Å². The molecule has 6 nitrogen and oxygen atoms in total. The monoisotopic (exact) mass is 298 g/mol. The van der Waals surface area contributed by atoms with Gasteiger partial charge >= 0.3 is 5.97 Å². The number of carbonyl (C=O) groups is 3. The van der Waals surface area contributed by atoms with Crippen molar-refractivity contribution in [3.63, 3.8) is 0 Å². The molecule has 6 heteroatoms. The van der Waals surface area contributed by atoms with Crippen LogP contribution in [0.1, 0.15) is 27.6 Å². The van der Waals surface area contributed by atoms with Gasteiger partial charge in [-0.15, -0.1) is 0 Å². The van der Waals surface area contributed by atoms with Crippen LogP contribution in [0, 0.1) is 0 Å². The molecular weight excluding hydrogens is 284 g/mol. The minimum absolute atomic E-state index is 0.182. The standard InChI is InChI=1S/C16H14N2O4/c1-10(19)22-14-5-3-2-4-13(14)16(21)18-12-8-6-11(7-9-12)15(17)20/h2-9H,1H3,(H2,17,20)(H,18,21). The Labute approximate surface area is 126 Å². The summed E-state index contributed by atoms with van der Waals surface area (Å²) in [5, 5.41) is 2.66. The number of hydrogen-bond acceptors (Lipinski definition) is 4. The summed E-state index contributed by atoms with van der Waals surface area (Å²) in [7, 11) is 0. The van der Waals surface area contributed by atoms with Crippen molar-refractivity contribution in [2.45, 2.75) is 6.92 Å². The van der Waals surface area contributed by atoms with Gasteiger partial charge in [0.15, 0.2) is 0 Å². The second-order valence-electron chi connectivity index (χ2n) is 4.49. The van der Waals surface area contributed by atoms with E-state index in [1.54, 1.807) is 30.3 Å². The Morgan fingerprint density at radius 2 is 1.64 bits per heavy atom. The second-order valence-corrected chi connectivity index (χ2v) is 4.49. The number of esters is 1. The third kappa shape index (κ3) is 3.69. The van der Waals surface area contributed by atoms with Crippen molar-refractivity contribution < 1.29 is 19.1 Å². The topological polar surface area (TPSA) is 98.5 Å². The highest BCUT2D eigenvalue weighted by atomic mass is 16.5. The molecule has 3 N–H and O–H groups in total. The number of para-hydroxylation sites is 1. The van der Waals surface area contributed by atoms with Crippen LogP contribution in [0.4, 0.5) is 5.69 Å². The molecule has 2 aromatic carbocycles. The third-order valence-corrected chi connectivity index (χ3v) is 2.81. The van der Waals surface area contributed by atoms with Gasteiger partial charge in [-0.25, -0.2) is 0 Å². The van der Waals surface area contributed by atoms with Gasteiger partial charge in [0, 0.05) is 18.2 Å². The zero-order valence-electron chi connectivity index (χ0n) is 11.8. The molecule has 0 unspecified atom stereocenters. The number of anilines is 1. The highest BCUT2D eigenvalue weighted by Gasteiger charge is 2.13. The van der Waals surface area contributed by atoms with Crippen molar-refractivity contribution in [2.24, 2.45) is 5.73 Å². The van der Waals surface area contributed by atoms with Crippen LogP contribution in [0.2, 0.25) is 0 Å². The zero-order valence-corrected chi connectivity index (χ0v) is 11.8. The maximum atomic E-state index is 12.2. The van der Waals surface area contributed by atoms with E-state index in [1.807, 2.05) is 0 Å². The molecule has 0 atom stereocenters. The average Bonchev–Trinajstić information content (AvgIpc) is 2.47. The van der Waals surface area contributed by atoms with Crippen LogP contribution in [-0.4, -0.2) is 17.8 Å². The Morgan fingerprint density at radius 1 is 1.00 bits per heavy atom. The molecule has 0 spiro atoms. The average molecular weight is 298 g/mol. The van der Waals surface area contributed by atoms with Gasteiger partial charge in [0.2, 0.25) is 5.91 Å². The first-order chi connectivity index (χ1) is 10.5. The van der Waals surface area contributed by atoms with E-state index in [2.05, 4.69) is 5.32 Å². The summed E-state index contributed by atoms with van der Waals surface area (Å²) in [6.45, 7) is 1.26. The predicted molar refractivity (Wildman–Crippen MR) is 80.7 cm³/mol. The molecule has 2 amide bonds. The summed E-state index contributed by atoms with van der Waals surface area (Å²) >= 11 is 0. The van der Waals surface area contributed by atoms with E-state index < -0.39 is 17.8 Å². The minimum Gasteiger partial charge on any atom is -0.426 e. The van der Waals surface area contributed by atoms with Gasteiger partial charge in [0.05, 0.1) is 5.56 Å². The van der Waals surface area contributed by atoms with E-state index in [9.17, 15) is 14.4 Å². The molecule has 0 saturated heterocycles. The van der Waals surface area contributed by atoms with Crippen molar-refractivity contribution in [1.29, 1.82) is 0 Å². The van der Waals surface area contributed by atoms with Gasteiger partial charge in [-0.1, -0.05) is 12.1 Å². The molecular formula is C16H14N2O4. The fraction of sp³-hybridized carbons (Fsp3) is 0.0625. The molecule has 0 heterocycles. The lowest BCUT2D eigenvalue weighted by Crippen LogP contribution is -2.15. The molecule has 2 rings (SSSR count). The van der Waals surface area contributed by atoms with Crippen LogP contribution < -0.4 is 15.8 Å². The normalized spacial score (nSPS) is 9.86. The molecule has 0 fully saturated rings. The number of hydrogen-bond donors (Lipinski definition) is 2. The van der Waals surface area contributed by atoms with Crippen LogP contribution in [0.25, 0.3) is 0 Å². The van der Waals surface area contributed by atoms with E-state index in [4.69, 9.17) is 10.5 Å². The highest BCUT2D eigenvalue weighted by Crippen LogP contribution is 2.20. The summed E-state index contributed by atoms with van der Waals surface area (Å²) in [5.74, 6) is -1.30. The molecule has 0 aromatic heterocycles. The number of nitrogens with two attached hydrogens (primary N) is 1. The Balaban J connectivity index is 2.18.